The summed E-state index contributed by atoms with van der Waals surface area (Å²) >= 11 is 2.49. The van der Waals surface area contributed by atoms with E-state index in [1.807, 2.05) is 4.57 Å². The summed E-state index contributed by atoms with van der Waals surface area (Å²) in [6, 6.07) is 4.59. The first-order chi connectivity index (χ1) is 18.3. The third kappa shape index (κ3) is 4.44. The first-order valence-electron chi connectivity index (χ1n) is 11.3. The molecule has 194 valence electrons. The van der Waals surface area contributed by atoms with Crippen molar-refractivity contribution in [3.05, 3.63) is 58.6 Å². The Kier molecular flexibility index (Phi) is 6.74. The molecule has 0 saturated carbocycles. The number of nitrogens with zero attached hydrogens (tertiary/aromatic N) is 6. The molecule has 2 aliphatic rings. The molecule has 3 aromatic rings. The second-order valence-electron chi connectivity index (χ2n) is 8.27. The van der Waals surface area contributed by atoms with Gasteiger partial charge in [0.05, 0.1) is 5.56 Å². The van der Waals surface area contributed by atoms with E-state index in [-0.39, 0.29) is 35.4 Å². The summed E-state index contributed by atoms with van der Waals surface area (Å²) in [6.45, 7) is 2.16. The molecule has 0 unspecified atom stereocenters. The Labute approximate surface area is 223 Å². The number of rotatable bonds is 8. The molecular weight excluding hydrogens is 532 g/mol. The molecule has 15 heteroatoms. The molecule has 5 heterocycles. The van der Waals surface area contributed by atoms with Crippen LogP contribution >= 0.6 is 23.1 Å². The Morgan fingerprint density at radius 3 is 2.95 bits per heavy atom. The number of carboxylic acids is 1. The molecule has 38 heavy (non-hydrogen) atoms. The number of hydrogen-bond acceptors (Lipinski definition) is 10. The van der Waals surface area contributed by atoms with Crippen molar-refractivity contribution in [2.24, 2.45) is 5.16 Å². The topological polar surface area (TPSA) is 179 Å². The number of amides is 2. The van der Waals surface area contributed by atoms with Crippen molar-refractivity contribution >= 4 is 57.4 Å². The summed E-state index contributed by atoms with van der Waals surface area (Å²) in [4.78, 5) is 48.7. The molecule has 0 aliphatic carbocycles. The lowest BCUT2D eigenvalue weighted by Gasteiger charge is -2.49. The van der Waals surface area contributed by atoms with Crippen molar-refractivity contribution < 1.29 is 28.9 Å². The minimum Gasteiger partial charge on any atom is -0.477 e. The summed E-state index contributed by atoms with van der Waals surface area (Å²) in [5.41, 5.74) is 7.48. The molecule has 3 aromatic heterocycles. The van der Waals surface area contributed by atoms with Crippen LogP contribution in [0.4, 0.5) is 5.13 Å². The molecule has 2 atom stereocenters. The number of nitrogens with one attached hydrogen (secondary N) is 1. The number of β-lactam (4-membered cyclic amide) rings is 1. The van der Waals surface area contributed by atoms with Gasteiger partial charge in [-0.25, -0.2) is 18.7 Å². The average Bonchev–Trinajstić information content (AvgIpc) is 3.52. The van der Waals surface area contributed by atoms with Gasteiger partial charge in [0.25, 0.3) is 17.5 Å². The van der Waals surface area contributed by atoms with E-state index in [2.05, 4.69) is 21.5 Å². The number of oxime groups is 1. The van der Waals surface area contributed by atoms with Gasteiger partial charge in [-0.15, -0.1) is 23.1 Å². The SMILES string of the molecule is CCO/N=C(\C(=O)N[C@@H]1C(=O)N2C(C(=O)O)=C(C[n+]3ccn4cc(C#N)ccc43)CS[C@@H]12)c1csc(N)n1. The van der Waals surface area contributed by atoms with Crippen LogP contribution in [-0.2, 0) is 25.8 Å². The number of nitriles is 1. The summed E-state index contributed by atoms with van der Waals surface area (Å²) in [5.74, 6) is -2.10. The van der Waals surface area contributed by atoms with Crippen LogP contribution in [0.3, 0.4) is 0 Å². The number of thioether (sulfide) groups is 1. The minimum absolute atomic E-state index is 0.0970. The highest BCUT2D eigenvalue weighted by Gasteiger charge is 2.54. The predicted octanol–water partition coefficient (Wildman–Crippen LogP) is 0.317. The zero-order valence-corrected chi connectivity index (χ0v) is 21.5. The van der Waals surface area contributed by atoms with Gasteiger partial charge >= 0.3 is 5.97 Å². The smallest absolute Gasteiger partial charge is 0.352 e. The minimum atomic E-state index is -1.23. The maximum Gasteiger partial charge on any atom is 0.352 e. The molecule has 4 N–H and O–H groups in total. The van der Waals surface area contributed by atoms with Gasteiger partial charge in [-0.2, -0.15) is 5.26 Å². The Morgan fingerprint density at radius 2 is 2.26 bits per heavy atom. The number of aliphatic carboxylic acids is 1. The first-order valence-corrected chi connectivity index (χ1v) is 13.3. The molecule has 0 spiro atoms. The van der Waals surface area contributed by atoms with E-state index in [1.165, 1.54) is 16.7 Å². The largest absolute Gasteiger partial charge is 0.477 e. The fraction of sp³-hybridized carbons (Fsp3) is 0.261. The van der Waals surface area contributed by atoms with Crippen LogP contribution in [-0.4, -0.2) is 66.7 Å². The zero-order chi connectivity index (χ0) is 27.0. The Morgan fingerprint density at radius 1 is 1.45 bits per heavy atom. The van der Waals surface area contributed by atoms with Crippen molar-refractivity contribution in [1.82, 2.24) is 19.6 Å². The second-order valence-corrected chi connectivity index (χ2v) is 10.3. The van der Waals surface area contributed by atoms with Crippen LogP contribution in [0.1, 0.15) is 18.2 Å². The molecule has 2 amide bonds. The number of nitrogen functional groups attached to an aromatic ring is 1. The third-order valence-electron chi connectivity index (χ3n) is 5.95. The van der Waals surface area contributed by atoms with Crippen LogP contribution in [0, 0.1) is 11.3 Å². The number of carbonyl (C=O) groups excluding carboxylic acids is 2. The fourth-order valence-electron chi connectivity index (χ4n) is 4.25. The van der Waals surface area contributed by atoms with Crippen LogP contribution in [0.5, 0.6) is 0 Å². The molecule has 5 rings (SSSR count). The van der Waals surface area contributed by atoms with Crippen LogP contribution in [0.25, 0.3) is 5.65 Å². The molecule has 2 aliphatic heterocycles. The lowest BCUT2D eigenvalue weighted by molar-refractivity contribution is -0.662. The highest BCUT2D eigenvalue weighted by Crippen LogP contribution is 2.40. The van der Waals surface area contributed by atoms with E-state index in [0.29, 0.717) is 16.9 Å². The van der Waals surface area contributed by atoms with Crippen molar-refractivity contribution in [1.29, 1.82) is 5.26 Å². The number of carbonyl (C=O) groups is 3. The summed E-state index contributed by atoms with van der Waals surface area (Å²) in [6.07, 6.45) is 5.23. The number of aromatic nitrogens is 3. The second kappa shape index (κ2) is 10.1. The Bertz CT molecular complexity index is 1570. The zero-order valence-electron chi connectivity index (χ0n) is 19.9. The number of carboxylic acid groups (broad SMARTS) is 1. The van der Waals surface area contributed by atoms with Gasteiger partial charge in [-0.1, -0.05) is 5.16 Å². The van der Waals surface area contributed by atoms with Crippen molar-refractivity contribution in [2.45, 2.75) is 24.9 Å². The van der Waals surface area contributed by atoms with Crippen molar-refractivity contribution in [3.63, 3.8) is 0 Å². The predicted molar refractivity (Wildman–Crippen MR) is 137 cm³/mol. The van der Waals surface area contributed by atoms with Gasteiger partial charge in [-0.05, 0) is 13.0 Å². The van der Waals surface area contributed by atoms with E-state index >= 15 is 0 Å². The Balaban J connectivity index is 1.37. The van der Waals surface area contributed by atoms with Crippen LogP contribution in [0.15, 0.2) is 52.5 Å². The normalized spacial score (nSPS) is 19.1. The lowest BCUT2D eigenvalue weighted by atomic mass is 10.0. The molecule has 13 nitrogen and oxygen atoms in total. The molecular formula is C23H21N8O5S2+. The van der Waals surface area contributed by atoms with Gasteiger partial charge in [0, 0.05) is 22.8 Å². The first kappa shape index (κ1) is 25.2. The number of pyridine rings is 1. The van der Waals surface area contributed by atoms with E-state index < -0.39 is 29.2 Å². The summed E-state index contributed by atoms with van der Waals surface area (Å²) in [7, 11) is 0. The number of imidazole rings is 1. The van der Waals surface area contributed by atoms with Gasteiger partial charge in [0.1, 0.15) is 60.6 Å². The van der Waals surface area contributed by atoms with Crippen molar-refractivity contribution in [3.8, 4) is 6.07 Å². The van der Waals surface area contributed by atoms with Crippen LogP contribution in [0.2, 0.25) is 0 Å². The molecule has 1 saturated heterocycles. The molecule has 0 aromatic carbocycles. The van der Waals surface area contributed by atoms with Gasteiger partial charge < -0.3 is 21.0 Å². The molecule has 0 radical (unpaired) electrons. The quantitative estimate of drug-likeness (QED) is 0.153. The average molecular weight is 554 g/mol. The van der Waals surface area contributed by atoms with Gasteiger partial charge in [0.2, 0.25) is 0 Å². The molecule has 0 bridgehead atoms. The van der Waals surface area contributed by atoms with E-state index in [9.17, 15) is 19.5 Å². The van der Waals surface area contributed by atoms with E-state index in [0.717, 1.165) is 17.0 Å². The number of thiazole rings is 1. The summed E-state index contributed by atoms with van der Waals surface area (Å²) < 4.78 is 3.62. The summed E-state index contributed by atoms with van der Waals surface area (Å²) in [5, 5.41) is 26.8. The Hall–Kier alpha value is -4.42. The third-order valence-corrected chi connectivity index (χ3v) is 7.96. The maximum absolute atomic E-state index is 13.1. The van der Waals surface area contributed by atoms with E-state index in [1.54, 1.807) is 47.4 Å². The van der Waals surface area contributed by atoms with Gasteiger partial charge in [0.15, 0.2) is 10.8 Å². The van der Waals surface area contributed by atoms with Crippen LogP contribution < -0.4 is 15.6 Å². The standard InChI is InChI=1S/C23H20N8O5S2/c1-2-36-28-16(14-11-38-23(25)26-14)19(32)27-17-20(33)31-18(22(34)35)13(10-37-21(17)31)9-30-6-5-29-8-12(7-24)3-4-15(29)30/h3-6,8,11,17,21H,2,9-10H2,1H3,(H3-,25,26,27,32,34,35)/p+1/b28-16-/t17-,21+/m1/s1. The highest BCUT2D eigenvalue weighted by molar-refractivity contribution is 8.00. The monoisotopic (exact) mass is 553 g/mol. The lowest BCUT2D eigenvalue weighted by Crippen LogP contribution is -2.71. The highest BCUT2D eigenvalue weighted by atomic mass is 32.2. The number of fused-ring (bicyclic) bond motifs is 2. The number of anilines is 1. The maximum atomic E-state index is 13.1. The fourth-order valence-corrected chi connectivity index (χ4v) is 6.13. The number of hydrogen-bond donors (Lipinski definition) is 3. The van der Waals surface area contributed by atoms with Crippen molar-refractivity contribution in [2.75, 3.05) is 18.1 Å². The van der Waals surface area contributed by atoms with E-state index in [4.69, 9.17) is 15.8 Å². The molecule has 1 fully saturated rings. The number of nitrogens with two attached hydrogens (primary N) is 1. The van der Waals surface area contributed by atoms with Gasteiger partial charge in [-0.3, -0.25) is 14.5 Å².